The number of fused-ring (bicyclic) bond motifs is 1. The Balaban J connectivity index is 2.63. The minimum atomic E-state index is 0.220. The average molecular weight is 185 g/mol. The summed E-state index contributed by atoms with van der Waals surface area (Å²) >= 11 is 0. The largest absolute Gasteiger partial charge is 0.264 e. The number of benzene rings is 1. The van der Waals surface area contributed by atoms with Crippen LogP contribution in [-0.4, -0.2) is 4.98 Å². The zero-order valence-electron chi connectivity index (χ0n) is 8.91. The molecule has 1 aromatic carbocycles. The van der Waals surface area contributed by atoms with Crippen molar-refractivity contribution in [3.8, 4) is 0 Å². The second-order valence-electron chi connectivity index (χ2n) is 4.69. The number of pyridine rings is 1. The van der Waals surface area contributed by atoms with Crippen molar-refractivity contribution >= 4 is 10.8 Å². The SMILES string of the molecule is CC(C)(C)c1ccc2cnccc2c1. The normalized spacial score (nSPS) is 11.9. The van der Waals surface area contributed by atoms with Gasteiger partial charge >= 0.3 is 0 Å². The lowest BCUT2D eigenvalue weighted by atomic mass is 9.86. The second kappa shape index (κ2) is 3.09. The van der Waals surface area contributed by atoms with Crippen LogP contribution in [0.4, 0.5) is 0 Å². The molecule has 0 spiro atoms. The van der Waals surface area contributed by atoms with E-state index in [-0.39, 0.29) is 5.41 Å². The van der Waals surface area contributed by atoms with Crippen molar-refractivity contribution in [2.24, 2.45) is 0 Å². The molecular formula is C13H15N. The van der Waals surface area contributed by atoms with Crippen molar-refractivity contribution in [3.63, 3.8) is 0 Å². The summed E-state index contributed by atoms with van der Waals surface area (Å²) in [5.41, 5.74) is 1.59. The summed E-state index contributed by atoms with van der Waals surface area (Å²) in [6.45, 7) is 6.69. The summed E-state index contributed by atoms with van der Waals surface area (Å²) in [5.74, 6) is 0. The molecule has 0 saturated heterocycles. The van der Waals surface area contributed by atoms with E-state index in [2.05, 4.69) is 50.0 Å². The van der Waals surface area contributed by atoms with Crippen LogP contribution in [0, 0.1) is 0 Å². The summed E-state index contributed by atoms with van der Waals surface area (Å²) in [4.78, 5) is 4.10. The van der Waals surface area contributed by atoms with Crippen molar-refractivity contribution in [1.29, 1.82) is 0 Å². The number of aromatic nitrogens is 1. The van der Waals surface area contributed by atoms with Crippen molar-refractivity contribution in [3.05, 3.63) is 42.2 Å². The van der Waals surface area contributed by atoms with E-state index < -0.39 is 0 Å². The summed E-state index contributed by atoms with van der Waals surface area (Å²) in [6.07, 6.45) is 3.75. The molecule has 1 nitrogen and oxygen atoms in total. The van der Waals surface area contributed by atoms with Crippen molar-refractivity contribution in [2.45, 2.75) is 26.2 Å². The Bertz CT molecular complexity index is 452. The summed E-state index contributed by atoms with van der Waals surface area (Å²) in [5, 5.41) is 2.48. The number of nitrogens with zero attached hydrogens (tertiary/aromatic N) is 1. The molecule has 0 amide bonds. The molecule has 0 N–H and O–H groups in total. The van der Waals surface area contributed by atoms with Gasteiger partial charge in [0, 0.05) is 17.8 Å². The molecule has 0 radical (unpaired) electrons. The Morgan fingerprint density at radius 1 is 1.00 bits per heavy atom. The Morgan fingerprint density at radius 2 is 1.79 bits per heavy atom. The maximum atomic E-state index is 4.10. The van der Waals surface area contributed by atoms with Crippen LogP contribution in [-0.2, 0) is 5.41 Å². The zero-order chi connectivity index (χ0) is 10.2. The van der Waals surface area contributed by atoms with Crippen LogP contribution in [0.15, 0.2) is 36.7 Å². The molecule has 0 saturated carbocycles. The molecule has 0 fully saturated rings. The Morgan fingerprint density at radius 3 is 2.50 bits per heavy atom. The Hall–Kier alpha value is -1.37. The van der Waals surface area contributed by atoms with E-state index in [0.717, 1.165) is 0 Å². The van der Waals surface area contributed by atoms with Crippen LogP contribution >= 0.6 is 0 Å². The third kappa shape index (κ3) is 1.63. The van der Waals surface area contributed by atoms with Gasteiger partial charge in [0.1, 0.15) is 0 Å². The standard InChI is InChI=1S/C13H15N/c1-13(2,3)12-5-4-11-9-14-7-6-10(11)8-12/h4-9H,1-3H3. The zero-order valence-corrected chi connectivity index (χ0v) is 8.91. The first kappa shape index (κ1) is 9.20. The van der Waals surface area contributed by atoms with Gasteiger partial charge in [0.25, 0.3) is 0 Å². The smallest absolute Gasteiger partial charge is 0.0346 e. The van der Waals surface area contributed by atoms with Crippen molar-refractivity contribution in [1.82, 2.24) is 4.98 Å². The van der Waals surface area contributed by atoms with Gasteiger partial charge in [-0.2, -0.15) is 0 Å². The van der Waals surface area contributed by atoms with E-state index >= 15 is 0 Å². The van der Waals surface area contributed by atoms with Crippen LogP contribution in [0.5, 0.6) is 0 Å². The molecule has 1 aromatic heterocycles. The molecule has 0 bridgehead atoms. The third-order valence-corrected chi connectivity index (χ3v) is 2.51. The molecule has 2 aromatic rings. The quantitative estimate of drug-likeness (QED) is 0.611. The fourth-order valence-corrected chi connectivity index (χ4v) is 1.55. The molecule has 1 heteroatoms. The van der Waals surface area contributed by atoms with Crippen LogP contribution < -0.4 is 0 Å². The number of hydrogen-bond acceptors (Lipinski definition) is 1. The van der Waals surface area contributed by atoms with Gasteiger partial charge in [0.05, 0.1) is 0 Å². The van der Waals surface area contributed by atoms with Crippen LogP contribution in [0.3, 0.4) is 0 Å². The minimum Gasteiger partial charge on any atom is -0.264 e. The molecule has 0 aliphatic rings. The maximum Gasteiger partial charge on any atom is 0.0346 e. The van der Waals surface area contributed by atoms with Crippen LogP contribution in [0.25, 0.3) is 10.8 Å². The van der Waals surface area contributed by atoms with Crippen molar-refractivity contribution < 1.29 is 0 Å². The minimum absolute atomic E-state index is 0.220. The molecular weight excluding hydrogens is 170 g/mol. The summed E-state index contributed by atoms with van der Waals surface area (Å²) in [6, 6.07) is 8.63. The van der Waals surface area contributed by atoms with E-state index in [1.54, 1.807) is 0 Å². The lowest BCUT2D eigenvalue weighted by Crippen LogP contribution is -2.10. The van der Waals surface area contributed by atoms with Gasteiger partial charge < -0.3 is 0 Å². The van der Waals surface area contributed by atoms with Gasteiger partial charge in [-0.25, -0.2) is 0 Å². The first-order valence-electron chi connectivity index (χ1n) is 4.92. The molecule has 0 aliphatic carbocycles. The Kier molecular flexibility index (Phi) is 2.03. The molecule has 72 valence electrons. The first-order chi connectivity index (χ1) is 6.57. The van der Waals surface area contributed by atoms with Gasteiger partial charge in [-0.3, -0.25) is 4.98 Å². The predicted octanol–water partition coefficient (Wildman–Crippen LogP) is 3.53. The van der Waals surface area contributed by atoms with E-state index in [9.17, 15) is 0 Å². The highest BCUT2D eigenvalue weighted by Crippen LogP contribution is 2.25. The highest BCUT2D eigenvalue weighted by atomic mass is 14.6. The third-order valence-electron chi connectivity index (χ3n) is 2.51. The van der Waals surface area contributed by atoms with Gasteiger partial charge in [0.15, 0.2) is 0 Å². The fraction of sp³-hybridized carbons (Fsp3) is 0.308. The van der Waals surface area contributed by atoms with E-state index in [1.165, 1.54) is 16.3 Å². The molecule has 2 rings (SSSR count). The van der Waals surface area contributed by atoms with Crippen LogP contribution in [0.2, 0.25) is 0 Å². The van der Waals surface area contributed by atoms with E-state index in [1.807, 2.05) is 12.4 Å². The lowest BCUT2D eigenvalue weighted by Gasteiger charge is -2.19. The number of rotatable bonds is 0. The highest BCUT2D eigenvalue weighted by molar-refractivity contribution is 5.82. The second-order valence-corrected chi connectivity index (χ2v) is 4.69. The number of hydrogen-bond donors (Lipinski definition) is 0. The van der Waals surface area contributed by atoms with E-state index in [4.69, 9.17) is 0 Å². The molecule has 1 heterocycles. The molecule has 0 atom stereocenters. The van der Waals surface area contributed by atoms with Crippen molar-refractivity contribution in [2.75, 3.05) is 0 Å². The fourth-order valence-electron chi connectivity index (χ4n) is 1.55. The van der Waals surface area contributed by atoms with Gasteiger partial charge in [-0.1, -0.05) is 39.0 Å². The monoisotopic (exact) mass is 185 g/mol. The molecule has 0 aliphatic heterocycles. The van der Waals surface area contributed by atoms with Gasteiger partial charge in [0.2, 0.25) is 0 Å². The topological polar surface area (TPSA) is 12.9 Å². The molecule has 14 heavy (non-hydrogen) atoms. The van der Waals surface area contributed by atoms with Gasteiger partial charge in [-0.05, 0) is 22.4 Å². The van der Waals surface area contributed by atoms with Gasteiger partial charge in [-0.15, -0.1) is 0 Å². The highest BCUT2D eigenvalue weighted by Gasteiger charge is 2.13. The lowest BCUT2D eigenvalue weighted by molar-refractivity contribution is 0.591. The van der Waals surface area contributed by atoms with Crippen LogP contribution in [0.1, 0.15) is 26.3 Å². The summed E-state index contributed by atoms with van der Waals surface area (Å²) in [7, 11) is 0. The predicted molar refractivity (Wildman–Crippen MR) is 60.4 cm³/mol. The van der Waals surface area contributed by atoms with E-state index in [0.29, 0.717) is 0 Å². The Labute approximate surface area is 84.8 Å². The maximum absolute atomic E-state index is 4.10. The first-order valence-corrected chi connectivity index (χ1v) is 4.92. The molecule has 0 unspecified atom stereocenters. The summed E-state index contributed by atoms with van der Waals surface area (Å²) < 4.78 is 0. The average Bonchev–Trinajstić information content (AvgIpc) is 2.16.